The lowest BCUT2D eigenvalue weighted by Gasteiger charge is -2.61. The zero-order chi connectivity index (χ0) is 18.9. The van der Waals surface area contributed by atoms with Crippen LogP contribution in [-0.2, 0) is 19.0 Å². The van der Waals surface area contributed by atoms with Crippen molar-refractivity contribution >= 4 is 5.97 Å². The summed E-state index contributed by atoms with van der Waals surface area (Å²) >= 11 is 0. The van der Waals surface area contributed by atoms with E-state index >= 15 is 0 Å². The van der Waals surface area contributed by atoms with Crippen LogP contribution < -0.4 is 0 Å². The molecule has 4 saturated carbocycles. The van der Waals surface area contributed by atoms with Crippen molar-refractivity contribution in [3.8, 4) is 0 Å². The minimum Gasteiger partial charge on any atom is -0.463 e. The molecule has 1 aliphatic heterocycles. The van der Waals surface area contributed by atoms with Crippen molar-refractivity contribution in [2.45, 2.75) is 90.4 Å². The van der Waals surface area contributed by atoms with Crippen LogP contribution in [0.3, 0.4) is 0 Å². The van der Waals surface area contributed by atoms with E-state index in [1.807, 2.05) is 0 Å². The van der Waals surface area contributed by atoms with Crippen molar-refractivity contribution in [3.63, 3.8) is 0 Å². The molecule has 4 heteroatoms. The molecule has 7 atom stereocenters. The summed E-state index contributed by atoms with van der Waals surface area (Å²) in [6.07, 6.45) is 11.1. The first kappa shape index (κ1) is 18.4. The predicted molar refractivity (Wildman–Crippen MR) is 102 cm³/mol. The highest BCUT2D eigenvalue weighted by atomic mass is 16.7. The van der Waals surface area contributed by atoms with Gasteiger partial charge < -0.3 is 14.2 Å². The second kappa shape index (κ2) is 6.19. The van der Waals surface area contributed by atoms with Gasteiger partial charge in [0.15, 0.2) is 5.79 Å². The molecule has 0 aromatic rings. The number of ether oxygens (including phenoxy) is 3. The molecule has 1 spiro atoms. The molecule has 0 unspecified atom stereocenters. The van der Waals surface area contributed by atoms with Crippen LogP contribution in [0.5, 0.6) is 0 Å². The van der Waals surface area contributed by atoms with Crippen LogP contribution in [0.4, 0.5) is 0 Å². The van der Waals surface area contributed by atoms with Crippen molar-refractivity contribution in [3.05, 3.63) is 0 Å². The van der Waals surface area contributed by atoms with E-state index in [-0.39, 0.29) is 23.3 Å². The Balaban J connectivity index is 1.37. The van der Waals surface area contributed by atoms with Crippen LogP contribution in [0.15, 0.2) is 0 Å². The number of fused-ring (bicyclic) bond motifs is 6. The Hall–Kier alpha value is -0.610. The Morgan fingerprint density at radius 2 is 1.67 bits per heavy atom. The topological polar surface area (TPSA) is 44.8 Å². The van der Waals surface area contributed by atoms with E-state index in [0.717, 1.165) is 56.1 Å². The highest BCUT2D eigenvalue weighted by molar-refractivity contribution is 5.66. The maximum Gasteiger partial charge on any atom is 0.302 e. The first-order valence-corrected chi connectivity index (χ1v) is 11.3. The van der Waals surface area contributed by atoms with Crippen LogP contribution in [0, 0.1) is 34.5 Å². The lowest BCUT2D eigenvalue weighted by Crippen LogP contribution is -2.57. The van der Waals surface area contributed by atoms with E-state index in [9.17, 15) is 4.79 Å². The molecule has 0 N–H and O–H groups in total. The molecule has 4 aliphatic carbocycles. The van der Waals surface area contributed by atoms with Gasteiger partial charge in [-0.2, -0.15) is 0 Å². The summed E-state index contributed by atoms with van der Waals surface area (Å²) in [5.74, 6) is 2.71. The van der Waals surface area contributed by atoms with Crippen molar-refractivity contribution in [1.29, 1.82) is 0 Å². The molecule has 152 valence electrons. The van der Waals surface area contributed by atoms with Gasteiger partial charge in [0, 0.05) is 18.8 Å². The molecule has 0 aromatic heterocycles. The molecule has 5 fully saturated rings. The molecule has 1 heterocycles. The fourth-order valence-electron chi connectivity index (χ4n) is 8.45. The van der Waals surface area contributed by atoms with Crippen molar-refractivity contribution in [2.75, 3.05) is 13.2 Å². The van der Waals surface area contributed by atoms with Crippen molar-refractivity contribution in [1.82, 2.24) is 0 Å². The van der Waals surface area contributed by atoms with E-state index < -0.39 is 0 Å². The third-order valence-corrected chi connectivity index (χ3v) is 9.75. The number of rotatable bonds is 1. The predicted octanol–water partition coefficient (Wildman–Crippen LogP) is 4.70. The summed E-state index contributed by atoms with van der Waals surface area (Å²) in [4.78, 5) is 11.4. The van der Waals surface area contributed by atoms with E-state index in [1.54, 1.807) is 6.92 Å². The molecule has 0 bridgehead atoms. The summed E-state index contributed by atoms with van der Waals surface area (Å²) in [6.45, 7) is 8.13. The number of esters is 1. The smallest absolute Gasteiger partial charge is 0.302 e. The molecule has 0 radical (unpaired) electrons. The molecule has 0 aromatic carbocycles. The van der Waals surface area contributed by atoms with E-state index in [4.69, 9.17) is 14.2 Å². The maximum absolute atomic E-state index is 11.4. The Kier molecular flexibility index (Phi) is 4.22. The van der Waals surface area contributed by atoms with Crippen LogP contribution in [0.2, 0.25) is 0 Å². The van der Waals surface area contributed by atoms with Crippen molar-refractivity contribution < 1.29 is 19.0 Å². The molecule has 5 rings (SSSR count). The average Bonchev–Trinajstić information content (AvgIpc) is 3.21. The van der Waals surface area contributed by atoms with Gasteiger partial charge in [0.05, 0.1) is 13.2 Å². The monoisotopic (exact) mass is 376 g/mol. The van der Waals surface area contributed by atoms with Gasteiger partial charge in [-0.3, -0.25) is 4.79 Å². The minimum atomic E-state index is -0.284. The van der Waals surface area contributed by atoms with Gasteiger partial charge in [0.2, 0.25) is 0 Å². The second-order valence-corrected chi connectivity index (χ2v) is 10.6. The Morgan fingerprint density at radius 1 is 0.926 bits per heavy atom. The summed E-state index contributed by atoms with van der Waals surface area (Å²) < 4.78 is 18.1. The normalized spacial score (nSPS) is 50.7. The molecule has 4 nitrogen and oxygen atoms in total. The van der Waals surface area contributed by atoms with E-state index in [2.05, 4.69) is 13.8 Å². The zero-order valence-electron chi connectivity index (χ0n) is 17.3. The third kappa shape index (κ3) is 2.51. The zero-order valence-corrected chi connectivity index (χ0v) is 17.3. The standard InChI is InChI=1S/C23H36O4/c1-15(24)27-17-6-9-21(2)16(14-17)4-5-18-19(21)7-10-22(3)20(18)8-11-23(22)25-12-13-26-23/h16-20H,4-14H2,1-3H3/t16-,17-,18-,19+,20-,21+,22-/m1/s1. The highest BCUT2D eigenvalue weighted by Crippen LogP contribution is 2.69. The van der Waals surface area contributed by atoms with Gasteiger partial charge in [0.1, 0.15) is 6.10 Å². The summed E-state index contributed by atoms with van der Waals surface area (Å²) in [6, 6.07) is 0. The van der Waals surface area contributed by atoms with E-state index in [1.165, 1.54) is 38.5 Å². The minimum absolute atomic E-state index is 0.112. The van der Waals surface area contributed by atoms with Gasteiger partial charge in [-0.25, -0.2) is 0 Å². The van der Waals surface area contributed by atoms with Gasteiger partial charge >= 0.3 is 5.97 Å². The first-order chi connectivity index (χ1) is 12.9. The van der Waals surface area contributed by atoms with Crippen LogP contribution >= 0.6 is 0 Å². The Labute approximate surface area is 163 Å². The number of hydrogen-bond donors (Lipinski definition) is 0. The summed E-state index contributed by atoms with van der Waals surface area (Å²) in [5.41, 5.74) is 0.622. The molecule has 27 heavy (non-hydrogen) atoms. The number of carbonyl (C=O) groups is 1. The van der Waals surface area contributed by atoms with Gasteiger partial charge in [-0.05, 0) is 80.5 Å². The first-order valence-electron chi connectivity index (χ1n) is 11.3. The average molecular weight is 377 g/mol. The van der Waals surface area contributed by atoms with E-state index in [0.29, 0.717) is 5.41 Å². The largest absolute Gasteiger partial charge is 0.463 e. The Morgan fingerprint density at radius 3 is 2.41 bits per heavy atom. The van der Waals surface area contributed by atoms with Gasteiger partial charge in [-0.1, -0.05) is 13.8 Å². The molecule has 5 aliphatic rings. The number of hydrogen-bond acceptors (Lipinski definition) is 4. The third-order valence-electron chi connectivity index (χ3n) is 9.75. The van der Waals surface area contributed by atoms with Crippen LogP contribution in [-0.4, -0.2) is 31.1 Å². The summed E-state index contributed by atoms with van der Waals surface area (Å²) in [7, 11) is 0. The fraction of sp³-hybridized carbons (Fsp3) is 0.957. The fourth-order valence-corrected chi connectivity index (χ4v) is 8.45. The van der Waals surface area contributed by atoms with Crippen LogP contribution in [0.25, 0.3) is 0 Å². The quantitative estimate of drug-likeness (QED) is 0.622. The van der Waals surface area contributed by atoms with Crippen molar-refractivity contribution in [2.24, 2.45) is 34.5 Å². The van der Waals surface area contributed by atoms with Gasteiger partial charge in [-0.15, -0.1) is 0 Å². The Bertz CT molecular complexity index is 611. The molecular formula is C23H36O4. The lowest BCUT2D eigenvalue weighted by molar-refractivity contribution is -0.248. The van der Waals surface area contributed by atoms with Crippen LogP contribution in [0.1, 0.15) is 78.6 Å². The van der Waals surface area contributed by atoms with Gasteiger partial charge in [0.25, 0.3) is 0 Å². The second-order valence-electron chi connectivity index (χ2n) is 10.6. The maximum atomic E-state index is 11.4. The molecule has 1 saturated heterocycles. The summed E-state index contributed by atoms with van der Waals surface area (Å²) in [5, 5.41) is 0. The number of carbonyl (C=O) groups excluding carboxylic acids is 1. The molecular weight excluding hydrogens is 340 g/mol. The highest BCUT2D eigenvalue weighted by Gasteiger charge is 2.67. The molecule has 0 amide bonds. The lowest BCUT2D eigenvalue weighted by atomic mass is 9.45. The SMILES string of the molecule is CC(=O)O[C@@H]1CC[C@@]2(C)[C@H](CC[C@H]3[C@H]4CCC5(OCCO5)[C@]4(C)CC[C@@H]32)C1.